The summed E-state index contributed by atoms with van der Waals surface area (Å²) in [6.07, 6.45) is 9.63. The third kappa shape index (κ3) is 4.65. The third-order valence-corrected chi connectivity index (χ3v) is 4.63. The van der Waals surface area contributed by atoms with Crippen LogP contribution < -0.4 is 0 Å². The van der Waals surface area contributed by atoms with E-state index in [1.165, 1.54) is 37.7 Å². The van der Waals surface area contributed by atoms with Crippen molar-refractivity contribution in [3.05, 3.63) is 11.6 Å². The molecule has 0 saturated heterocycles. The first-order valence-electron chi connectivity index (χ1n) is 7.15. The van der Waals surface area contributed by atoms with E-state index in [1.807, 2.05) is 0 Å². The largest absolute Gasteiger partial charge is 0.303 e. The number of aldehydes is 1. The van der Waals surface area contributed by atoms with E-state index in [0.717, 1.165) is 18.1 Å². The van der Waals surface area contributed by atoms with E-state index < -0.39 is 0 Å². The van der Waals surface area contributed by atoms with Crippen molar-refractivity contribution in [1.29, 1.82) is 0 Å². The van der Waals surface area contributed by atoms with Gasteiger partial charge in [-0.1, -0.05) is 32.4 Å². The summed E-state index contributed by atoms with van der Waals surface area (Å²) in [7, 11) is 0. The molecule has 0 saturated carbocycles. The van der Waals surface area contributed by atoms with Gasteiger partial charge < -0.3 is 4.79 Å². The van der Waals surface area contributed by atoms with Gasteiger partial charge >= 0.3 is 0 Å². The van der Waals surface area contributed by atoms with Crippen molar-refractivity contribution in [1.82, 2.24) is 0 Å². The molecule has 98 valence electrons. The van der Waals surface area contributed by atoms with Crippen LogP contribution in [0.5, 0.6) is 0 Å². The summed E-state index contributed by atoms with van der Waals surface area (Å²) < 4.78 is 0. The van der Waals surface area contributed by atoms with Crippen molar-refractivity contribution in [3.8, 4) is 0 Å². The van der Waals surface area contributed by atoms with Gasteiger partial charge in [0.05, 0.1) is 0 Å². The SMILES string of the molecule is C/C1=C\CCC(C)C(C)CC([C@H](C)C=O)CC1. The number of hydrogen-bond donors (Lipinski definition) is 0. The maximum absolute atomic E-state index is 11.0. The molecule has 0 aromatic rings. The Balaban J connectivity index is 2.73. The average molecular weight is 236 g/mol. The number of carbonyl (C=O) groups excluding carboxylic acids is 1. The lowest BCUT2D eigenvalue weighted by Gasteiger charge is -2.28. The van der Waals surface area contributed by atoms with Crippen LogP contribution in [0.4, 0.5) is 0 Å². The van der Waals surface area contributed by atoms with E-state index in [-0.39, 0.29) is 5.92 Å². The highest BCUT2D eigenvalue weighted by molar-refractivity contribution is 5.53. The molecule has 1 aliphatic carbocycles. The second-order valence-corrected chi connectivity index (χ2v) is 6.11. The van der Waals surface area contributed by atoms with Crippen LogP contribution in [0, 0.1) is 23.7 Å². The van der Waals surface area contributed by atoms with Crippen molar-refractivity contribution in [3.63, 3.8) is 0 Å². The van der Waals surface area contributed by atoms with Crippen LogP contribution in [0.3, 0.4) is 0 Å². The number of rotatable bonds is 2. The van der Waals surface area contributed by atoms with Crippen molar-refractivity contribution < 1.29 is 4.79 Å². The van der Waals surface area contributed by atoms with Gasteiger partial charge in [-0.3, -0.25) is 0 Å². The summed E-state index contributed by atoms with van der Waals surface area (Å²) in [5.41, 5.74) is 1.51. The zero-order valence-corrected chi connectivity index (χ0v) is 11.9. The molecule has 17 heavy (non-hydrogen) atoms. The number of carbonyl (C=O) groups is 1. The van der Waals surface area contributed by atoms with Crippen molar-refractivity contribution >= 4 is 6.29 Å². The van der Waals surface area contributed by atoms with E-state index in [1.54, 1.807) is 0 Å². The molecule has 0 fully saturated rings. The van der Waals surface area contributed by atoms with Crippen molar-refractivity contribution in [2.75, 3.05) is 0 Å². The van der Waals surface area contributed by atoms with Crippen LogP contribution in [0.25, 0.3) is 0 Å². The lowest BCUT2D eigenvalue weighted by molar-refractivity contribution is -0.112. The lowest BCUT2D eigenvalue weighted by atomic mass is 9.77. The third-order valence-electron chi connectivity index (χ3n) is 4.63. The molecule has 0 heterocycles. The summed E-state index contributed by atoms with van der Waals surface area (Å²) in [5, 5.41) is 0. The fraction of sp³-hybridized carbons (Fsp3) is 0.812. The summed E-state index contributed by atoms with van der Waals surface area (Å²) >= 11 is 0. The fourth-order valence-corrected chi connectivity index (χ4v) is 2.81. The molecule has 0 aromatic carbocycles. The van der Waals surface area contributed by atoms with E-state index in [9.17, 15) is 4.79 Å². The van der Waals surface area contributed by atoms with Crippen LogP contribution in [0.2, 0.25) is 0 Å². The predicted octanol–water partition coefficient (Wildman–Crippen LogP) is 4.62. The van der Waals surface area contributed by atoms with Gasteiger partial charge in [0.1, 0.15) is 6.29 Å². The highest BCUT2D eigenvalue weighted by Gasteiger charge is 2.23. The normalized spacial score (nSPS) is 36.7. The first-order valence-corrected chi connectivity index (χ1v) is 7.15. The number of allylic oxidation sites excluding steroid dienone is 2. The molecule has 0 aromatic heterocycles. The Morgan fingerprint density at radius 3 is 2.65 bits per heavy atom. The maximum atomic E-state index is 11.0. The number of hydrogen-bond acceptors (Lipinski definition) is 1. The smallest absolute Gasteiger partial charge is 0.123 e. The Bertz CT molecular complexity index is 267. The highest BCUT2D eigenvalue weighted by atomic mass is 16.1. The Morgan fingerprint density at radius 2 is 2.00 bits per heavy atom. The standard InChI is InChI=1S/C16H28O/c1-12-6-5-7-13(2)14(3)10-16(9-8-12)15(4)11-17/h6,11,13-16H,5,7-10H2,1-4H3/b12-6+/t13?,14?,15-,16?/m1/s1. The molecule has 1 heteroatoms. The molecule has 0 N–H and O–H groups in total. The van der Waals surface area contributed by atoms with Crippen molar-refractivity contribution in [2.45, 2.75) is 59.8 Å². The average Bonchev–Trinajstić information content (AvgIpc) is 2.32. The van der Waals surface area contributed by atoms with Gasteiger partial charge in [-0.25, -0.2) is 0 Å². The monoisotopic (exact) mass is 236 g/mol. The first kappa shape index (κ1) is 14.5. The maximum Gasteiger partial charge on any atom is 0.123 e. The van der Waals surface area contributed by atoms with Gasteiger partial charge in [-0.05, 0) is 56.8 Å². The second-order valence-electron chi connectivity index (χ2n) is 6.11. The zero-order valence-electron chi connectivity index (χ0n) is 11.9. The van der Waals surface area contributed by atoms with Crippen LogP contribution in [-0.2, 0) is 4.79 Å². The molecular formula is C16H28O. The minimum absolute atomic E-state index is 0.219. The van der Waals surface area contributed by atoms with Crippen LogP contribution in [0.1, 0.15) is 59.8 Å². The van der Waals surface area contributed by atoms with Crippen LogP contribution in [0.15, 0.2) is 11.6 Å². The van der Waals surface area contributed by atoms with Gasteiger partial charge in [-0.15, -0.1) is 0 Å². The molecule has 0 radical (unpaired) electrons. The molecule has 0 bridgehead atoms. The van der Waals surface area contributed by atoms with Crippen LogP contribution >= 0.6 is 0 Å². The van der Waals surface area contributed by atoms with Gasteiger partial charge in [-0.2, -0.15) is 0 Å². The molecule has 4 atom stereocenters. The lowest BCUT2D eigenvalue weighted by Crippen LogP contribution is -2.20. The molecule has 3 unspecified atom stereocenters. The molecule has 1 nitrogen and oxygen atoms in total. The van der Waals surface area contributed by atoms with Gasteiger partial charge in [0, 0.05) is 5.92 Å². The van der Waals surface area contributed by atoms with E-state index in [4.69, 9.17) is 0 Å². The minimum Gasteiger partial charge on any atom is -0.303 e. The Morgan fingerprint density at radius 1 is 1.29 bits per heavy atom. The van der Waals surface area contributed by atoms with Crippen molar-refractivity contribution in [2.24, 2.45) is 23.7 Å². The predicted molar refractivity (Wildman–Crippen MR) is 73.9 cm³/mol. The minimum atomic E-state index is 0.219. The summed E-state index contributed by atoms with van der Waals surface area (Å²) in [6, 6.07) is 0. The van der Waals surface area contributed by atoms with E-state index in [0.29, 0.717) is 5.92 Å². The van der Waals surface area contributed by atoms with Gasteiger partial charge in [0.2, 0.25) is 0 Å². The molecule has 0 aliphatic heterocycles. The molecule has 0 amide bonds. The summed E-state index contributed by atoms with van der Waals surface area (Å²) in [4.78, 5) is 11.0. The first-order chi connectivity index (χ1) is 8.04. The van der Waals surface area contributed by atoms with Gasteiger partial charge in [0.15, 0.2) is 0 Å². The highest BCUT2D eigenvalue weighted by Crippen LogP contribution is 2.32. The van der Waals surface area contributed by atoms with E-state index in [2.05, 4.69) is 33.8 Å². The fourth-order valence-electron chi connectivity index (χ4n) is 2.81. The summed E-state index contributed by atoms with van der Waals surface area (Å²) in [6.45, 7) is 9.03. The summed E-state index contributed by atoms with van der Waals surface area (Å²) in [5.74, 6) is 2.32. The van der Waals surface area contributed by atoms with E-state index >= 15 is 0 Å². The van der Waals surface area contributed by atoms with Crippen LogP contribution in [-0.4, -0.2) is 6.29 Å². The molecule has 1 aliphatic rings. The molecular weight excluding hydrogens is 208 g/mol. The molecule has 0 spiro atoms. The topological polar surface area (TPSA) is 17.1 Å². The Hall–Kier alpha value is -0.590. The quantitative estimate of drug-likeness (QED) is 0.505. The second kappa shape index (κ2) is 6.98. The molecule has 1 rings (SSSR count). The zero-order chi connectivity index (χ0) is 12.8. The Kier molecular flexibility index (Phi) is 5.94. The van der Waals surface area contributed by atoms with Gasteiger partial charge in [0.25, 0.3) is 0 Å². The Labute approximate surface area is 107 Å².